The van der Waals surface area contributed by atoms with Crippen LogP contribution < -0.4 is 9.47 Å². The summed E-state index contributed by atoms with van der Waals surface area (Å²) in [4.78, 5) is 36.3. The van der Waals surface area contributed by atoms with Gasteiger partial charge in [0.1, 0.15) is 0 Å². The molecule has 0 unspecified atom stereocenters. The smallest absolute Gasteiger partial charge is 0.311 e. The van der Waals surface area contributed by atoms with Crippen molar-refractivity contribution in [3.8, 4) is 11.5 Å². The highest BCUT2D eigenvalue weighted by Gasteiger charge is 2.22. The molecule has 5 heteroatoms. The van der Waals surface area contributed by atoms with Crippen LogP contribution in [0.2, 0.25) is 0 Å². The average Bonchev–Trinajstić information content (AvgIpc) is 2.44. The van der Waals surface area contributed by atoms with E-state index in [9.17, 15) is 14.4 Å². The lowest BCUT2D eigenvalue weighted by atomic mass is 9.92. The molecule has 0 saturated heterocycles. The van der Waals surface area contributed by atoms with Crippen LogP contribution in [0.15, 0.2) is 18.2 Å². The molecule has 0 amide bonds. The van der Waals surface area contributed by atoms with Crippen molar-refractivity contribution in [1.82, 2.24) is 0 Å². The lowest BCUT2D eigenvalue weighted by Crippen LogP contribution is -2.20. The van der Waals surface area contributed by atoms with Gasteiger partial charge in [-0.25, -0.2) is 0 Å². The third-order valence-electron chi connectivity index (χ3n) is 3.38. The Bertz CT molecular complexity index is 675. The molecule has 0 saturated carbocycles. The van der Waals surface area contributed by atoms with E-state index in [2.05, 4.69) is 0 Å². The van der Waals surface area contributed by atoms with Crippen LogP contribution in [0.5, 0.6) is 11.5 Å². The molecule has 0 aromatic heterocycles. The molecule has 5 nitrogen and oxygen atoms in total. The molecule has 0 N–H and O–H groups in total. The number of carbonyl (C=O) groups excluding carboxylic acids is 3. The Morgan fingerprint density at radius 3 is 1.69 bits per heavy atom. The topological polar surface area (TPSA) is 69.7 Å². The minimum Gasteiger partial charge on any atom is -0.422 e. The van der Waals surface area contributed by atoms with Crippen LogP contribution in [0.25, 0.3) is 0 Å². The molecule has 0 aliphatic rings. The predicted molar refractivity (Wildman–Crippen MR) is 100 cm³/mol. The summed E-state index contributed by atoms with van der Waals surface area (Å²) < 4.78 is 10.8. The monoisotopic (exact) mass is 362 g/mol. The Labute approximate surface area is 156 Å². The number of carbonyl (C=O) groups is 3. The largest absolute Gasteiger partial charge is 0.422 e. The fraction of sp³-hybridized carbons (Fsp3) is 0.571. The Kier molecular flexibility index (Phi) is 7.13. The van der Waals surface area contributed by atoms with Gasteiger partial charge in [0.2, 0.25) is 0 Å². The standard InChI is InChI=1S/C21H30O5/c1-8-15(22)14-9-10-16(25-18(23)12-20(2,3)4)17(11-14)26-19(24)13-21(5,6)7/h9-11H,8,12-13H2,1-7H3. The summed E-state index contributed by atoms with van der Waals surface area (Å²) in [7, 11) is 0. The Hall–Kier alpha value is -2.17. The van der Waals surface area contributed by atoms with Gasteiger partial charge in [-0.15, -0.1) is 0 Å². The summed E-state index contributed by atoms with van der Waals surface area (Å²) in [6.07, 6.45) is 0.755. The maximum atomic E-state index is 12.2. The quantitative estimate of drug-likeness (QED) is 0.406. The summed E-state index contributed by atoms with van der Waals surface area (Å²) in [5, 5.41) is 0. The van der Waals surface area contributed by atoms with Crippen molar-refractivity contribution in [3.05, 3.63) is 23.8 Å². The molecular weight excluding hydrogens is 332 g/mol. The summed E-state index contributed by atoms with van der Waals surface area (Å²) in [5.74, 6) is -0.687. The van der Waals surface area contributed by atoms with Gasteiger partial charge in [-0.3, -0.25) is 14.4 Å². The molecule has 144 valence electrons. The summed E-state index contributed by atoms with van der Waals surface area (Å²) in [6, 6.07) is 4.54. The molecule has 0 heterocycles. The Morgan fingerprint density at radius 2 is 1.27 bits per heavy atom. The molecule has 0 aliphatic carbocycles. The Morgan fingerprint density at radius 1 is 0.808 bits per heavy atom. The first-order chi connectivity index (χ1) is 11.8. The van der Waals surface area contributed by atoms with Crippen LogP contribution in [0.3, 0.4) is 0 Å². The summed E-state index contributed by atoms with van der Waals surface area (Å²) in [5.41, 5.74) is -0.0448. The van der Waals surface area contributed by atoms with Gasteiger partial charge < -0.3 is 9.47 Å². The van der Waals surface area contributed by atoms with E-state index in [4.69, 9.17) is 9.47 Å². The van der Waals surface area contributed by atoms with Crippen molar-refractivity contribution >= 4 is 17.7 Å². The second-order valence-electron chi connectivity index (χ2n) is 8.86. The number of benzene rings is 1. The van der Waals surface area contributed by atoms with Gasteiger partial charge in [-0.2, -0.15) is 0 Å². The van der Waals surface area contributed by atoms with Crippen LogP contribution in [-0.4, -0.2) is 17.7 Å². The zero-order valence-electron chi connectivity index (χ0n) is 16.9. The number of hydrogen-bond acceptors (Lipinski definition) is 5. The molecule has 1 rings (SSSR count). The summed E-state index contributed by atoms with van der Waals surface area (Å²) in [6.45, 7) is 13.3. The fourth-order valence-electron chi connectivity index (χ4n) is 2.23. The van der Waals surface area contributed by atoms with Crippen LogP contribution in [0, 0.1) is 10.8 Å². The molecule has 1 aromatic carbocycles. The number of Topliss-reactive ketones (excluding diaryl/α,β-unsaturated/α-hetero) is 1. The van der Waals surface area contributed by atoms with Crippen LogP contribution in [-0.2, 0) is 9.59 Å². The van der Waals surface area contributed by atoms with E-state index in [1.807, 2.05) is 41.5 Å². The number of rotatable bonds is 6. The van der Waals surface area contributed by atoms with Crippen molar-refractivity contribution in [2.75, 3.05) is 0 Å². The van der Waals surface area contributed by atoms with Crippen molar-refractivity contribution in [3.63, 3.8) is 0 Å². The second-order valence-corrected chi connectivity index (χ2v) is 8.86. The molecular formula is C21H30O5. The van der Waals surface area contributed by atoms with Gasteiger partial charge in [0.25, 0.3) is 0 Å². The molecule has 1 aromatic rings. The zero-order valence-corrected chi connectivity index (χ0v) is 16.9. The molecule has 0 atom stereocenters. The number of ether oxygens (including phenoxy) is 2. The first kappa shape index (κ1) is 21.9. The van der Waals surface area contributed by atoms with E-state index in [1.165, 1.54) is 12.1 Å². The number of hydrogen-bond donors (Lipinski definition) is 0. The third kappa shape index (κ3) is 7.81. The Balaban J connectivity index is 3.10. The van der Waals surface area contributed by atoms with Gasteiger partial charge in [-0.1, -0.05) is 48.5 Å². The van der Waals surface area contributed by atoms with Gasteiger partial charge in [0, 0.05) is 12.0 Å². The highest BCUT2D eigenvalue weighted by Crippen LogP contribution is 2.32. The van der Waals surface area contributed by atoms with E-state index in [0.717, 1.165) is 0 Å². The molecule has 26 heavy (non-hydrogen) atoms. The highest BCUT2D eigenvalue weighted by atomic mass is 16.6. The van der Waals surface area contributed by atoms with Crippen LogP contribution in [0.1, 0.15) is 78.1 Å². The zero-order chi connectivity index (χ0) is 20.1. The average molecular weight is 362 g/mol. The van der Waals surface area contributed by atoms with Gasteiger partial charge in [0.15, 0.2) is 17.3 Å². The number of ketones is 1. The summed E-state index contributed by atoms with van der Waals surface area (Å²) >= 11 is 0. The lowest BCUT2D eigenvalue weighted by molar-refractivity contribution is -0.139. The third-order valence-corrected chi connectivity index (χ3v) is 3.38. The van der Waals surface area contributed by atoms with E-state index < -0.39 is 11.9 Å². The minimum atomic E-state index is -0.438. The van der Waals surface area contributed by atoms with Crippen molar-refractivity contribution < 1.29 is 23.9 Å². The highest BCUT2D eigenvalue weighted by molar-refractivity contribution is 5.96. The van der Waals surface area contributed by atoms with Gasteiger partial charge >= 0.3 is 11.9 Å². The predicted octanol–water partition coefficient (Wildman–Crippen LogP) is 4.96. The van der Waals surface area contributed by atoms with Crippen LogP contribution in [0.4, 0.5) is 0 Å². The van der Waals surface area contributed by atoms with Gasteiger partial charge in [-0.05, 0) is 29.0 Å². The lowest BCUT2D eigenvalue weighted by Gasteiger charge is -2.19. The molecule has 0 fully saturated rings. The SMILES string of the molecule is CCC(=O)c1ccc(OC(=O)CC(C)(C)C)c(OC(=O)CC(C)(C)C)c1. The van der Waals surface area contributed by atoms with Crippen molar-refractivity contribution in [2.24, 2.45) is 10.8 Å². The van der Waals surface area contributed by atoms with E-state index in [1.54, 1.807) is 13.0 Å². The maximum Gasteiger partial charge on any atom is 0.311 e. The number of esters is 2. The van der Waals surface area contributed by atoms with Crippen molar-refractivity contribution in [2.45, 2.75) is 67.7 Å². The second kappa shape index (κ2) is 8.47. The maximum absolute atomic E-state index is 12.2. The van der Waals surface area contributed by atoms with Crippen LogP contribution >= 0.6 is 0 Å². The molecule has 0 bridgehead atoms. The van der Waals surface area contributed by atoms with Gasteiger partial charge in [0.05, 0.1) is 12.8 Å². The van der Waals surface area contributed by atoms with E-state index >= 15 is 0 Å². The molecule has 0 radical (unpaired) electrons. The fourth-order valence-corrected chi connectivity index (χ4v) is 2.23. The van der Waals surface area contributed by atoms with Crippen molar-refractivity contribution in [1.29, 1.82) is 0 Å². The molecule has 0 aliphatic heterocycles. The molecule has 0 spiro atoms. The minimum absolute atomic E-state index is 0.0781. The van der Waals surface area contributed by atoms with E-state index in [-0.39, 0.29) is 41.0 Å². The first-order valence-electron chi connectivity index (χ1n) is 8.89. The van der Waals surface area contributed by atoms with E-state index in [0.29, 0.717) is 12.0 Å². The normalized spacial score (nSPS) is 11.8. The first-order valence-corrected chi connectivity index (χ1v) is 8.89.